The van der Waals surface area contributed by atoms with Crippen LogP contribution in [-0.4, -0.2) is 9.97 Å². The Hall–Kier alpha value is -2.99. The van der Waals surface area contributed by atoms with Crippen LogP contribution in [0, 0.1) is 6.92 Å². The maximum absolute atomic E-state index is 12.9. The Morgan fingerprint density at radius 3 is 2.32 bits per heavy atom. The van der Waals surface area contributed by atoms with Gasteiger partial charge in [0, 0.05) is 16.8 Å². The van der Waals surface area contributed by atoms with Crippen molar-refractivity contribution in [3.05, 3.63) is 76.9 Å². The molecule has 4 rings (SSSR count). The lowest BCUT2D eigenvalue weighted by Gasteiger charge is -2.09. The zero-order chi connectivity index (χ0) is 19.9. The number of nitrogens with zero attached hydrogens (tertiary/aromatic N) is 1. The van der Waals surface area contributed by atoms with Crippen LogP contribution in [0.25, 0.3) is 34.2 Å². The van der Waals surface area contributed by atoms with E-state index < -0.39 is 11.7 Å². The second kappa shape index (κ2) is 6.87. The summed E-state index contributed by atoms with van der Waals surface area (Å²) in [6.07, 6.45) is -4.50. The SMILES string of the molecule is Cc1[nH]c(-c2ccc(-c3ccc(C(F)(F)F)c(Cl)c3)o2)nc1-c1ccccc1. The molecule has 0 bridgehead atoms. The number of alkyl halides is 3. The Morgan fingerprint density at radius 2 is 1.64 bits per heavy atom. The fraction of sp³-hybridized carbons (Fsp3) is 0.0952. The highest BCUT2D eigenvalue weighted by atomic mass is 35.5. The van der Waals surface area contributed by atoms with Gasteiger partial charge in [-0.15, -0.1) is 0 Å². The summed E-state index contributed by atoms with van der Waals surface area (Å²) in [7, 11) is 0. The van der Waals surface area contributed by atoms with Crippen LogP contribution in [0.2, 0.25) is 5.02 Å². The van der Waals surface area contributed by atoms with Crippen LogP contribution in [0.1, 0.15) is 11.3 Å². The zero-order valence-corrected chi connectivity index (χ0v) is 15.4. The van der Waals surface area contributed by atoms with Gasteiger partial charge in [-0.2, -0.15) is 13.2 Å². The average Bonchev–Trinajstić information content (AvgIpc) is 3.28. The second-order valence-electron chi connectivity index (χ2n) is 6.28. The van der Waals surface area contributed by atoms with Gasteiger partial charge < -0.3 is 9.40 Å². The molecule has 0 atom stereocenters. The van der Waals surface area contributed by atoms with Crippen LogP contribution in [0.15, 0.2) is 65.1 Å². The first-order valence-electron chi connectivity index (χ1n) is 8.42. The fourth-order valence-electron chi connectivity index (χ4n) is 2.97. The number of H-pyrrole nitrogens is 1. The largest absolute Gasteiger partial charge is 0.453 e. The summed E-state index contributed by atoms with van der Waals surface area (Å²) in [5.41, 5.74) is 2.25. The highest BCUT2D eigenvalue weighted by molar-refractivity contribution is 6.31. The first kappa shape index (κ1) is 18.4. The maximum Gasteiger partial charge on any atom is 0.417 e. The third-order valence-corrected chi connectivity index (χ3v) is 4.64. The number of hydrogen-bond donors (Lipinski definition) is 1. The summed E-state index contributed by atoms with van der Waals surface area (Å²) in [5.74, 6) is 1.43. The Bertz CT molecular complexity index is 1130. The summed E-state index contributed by atoms with van der Waals surface area (Å²) < 4.78 is 44.4. The number of imidazole rings is 1. The lowest BCUT2D eigenvalue weighted by atomic mass is 10.1. The molecule has 0 spiro atoms. The van der Waals surface area contributed by atoms with Gasteiger partial charge >= 0.3 is 6.18 Å². The average molecular weight is 403 g/mol. The first-order chi connectivity index (χ1) is 13.3. The predicted octanol–water partition coefficient (Wildman–Crippen LogP) is 6.98. The number of aryl methyl sites for hydroxylation is 1. The molecule has 1 N–H and O–H groups in total. The lowest BCUT2D eigenvalue weighted by Crippen LogP contribution is -2.05. The zero-order valence-electron chi connectivity index (χ0n) is 14.6. The van der Waals surface area contributed by atoms with Crippen molar-refractivity contribution in [2.24, 2.45) is 0 Å². The van der Waals surface area contributed by atoms with Crippen molar-refractivity contribution in [3.63, 3.8) is 0 Å². The van der Waals surface area contributed by atoms with Crippen molar-refractivity contribution in [1.29, 1.82) is 0 Å². The molecule has 0 fully saturated rings. The van der Waals surface area contributed by atoms with Gasteiger partial charge in [0.1, 0.15) is 5.76 Å². The monoisotopic (exact) mass is 402 g/mol. The number of hydrogen-bond acceptors (Lipinski definition) is 2. The van der Waals surface area contributed by atoms with Crippen LogP contribution >= 0.6 is 11.6 Å². The number of furan rings is 1. The number of aromatic amines is 1. The van der Waals surface area contributed by atoms with Crippen LogP contribution in [0.3, 0.4) is 0 Å². The summed E-state index contributed by atoms with van der Waals surface area (Å²) in [6, 6.07) is 16.6. The van der Waals surface area contributed by atoms with Crippen LogP contribution < -0.4 is 0 Å². The topological polar surface area (TPSA) is 41.8 Å². The molecule has 0 aliphatic rings. The standard InChI is InChI=1S/C21H14ClF3N2O/c1-12-19(13-5-3-2-4-6-13)27-20(26-12)18-10-9-17(28-18)14-7-8-15(16(22)11-14)21(23,24)25/h2-11H,1H3,(H,26,27). The van der Waals surface area contributed by atoms with E-state index in [9.17, 15) is 13.2 Å². The van der Waals surface area contributed by atoms with E-state index in [-0.39, 0.29) is 5.02 Å². The third kappa shape index (κ3) is 3.43. The van der Waals surface area contributed by atoms with Gasteiger partial charge in [-0.1, -0.05) is 48.0 Å². The minimum atomic E-state index is -4.50. The number of aromatic nitrogens is 2. The summed E-state index contributed by atoms with van der Waals surface area (Å²) in [6.45, 7) is 1.91. The maximum atomic E-state index is 12.9. The molecule has 0 aliphatic carbocycles. The molecule has 0 saturated carbocycles. The number of nitrogens with one attached hydrogen (secondary N) is 1. The molecule has 142 valence electrons. The quantitative estimate of drug-likeness (QED) is 0.401. The van der Waals surface area contributed by atoms with Crippen molar-refractivity contribution in [2.45, 2.75) is 13.1 Å². The molecular weight excluding hydrogens is 389 g/mol. The van der Waals surface area contributed by atoms with E-state index in [1.807, 2.05) is 37.3 Å². The van der Waals surface area contributed by atoms with Crippen molar-refractivity contribution in [2.75, 3.05) is 0 Å². The van der Waals surface area contributed by atoms with Gasteiger partial charge in [0.05, 0.1) is 16.3 Å². The summed E-state index contributed by atoms with van der Waals surface area (Å²) in [5, 5.41) is -0.372. The van der Waals surface area contributed by atoms with Gasteiger partial charge in [0.15, 0.2) is 11.6 Å². The molecular formula is C21H14ClF3N2O. The van der Waals surface area contributed by atoms with Crippen molar-refractivity contribution in [1.82, 2.24) is 9.97 Å². The Labute approximate surface area is 163 Å². The highest BCUT2D eigenvalue weighted by Crippen LogP contribution is 2.37. The molecule has 3 nitrogen and oxygen atoms in total. The van der Waals surface area contributed by atoms with E-state index >= 15 is 0 Å². The molecule has 2 heterocycles. The second-order valence-corrected chi connectivity index (χ2v) is 6.69. The van der Waals surface area contributed by atoms with Crippen LogP contribution in [0.4, 0.5) is 13.2 Å². The van der Waals surface area contributed by atoms with E-state index in [0.29, 0.717) is 22.9 Å². The van der Waals surface area contributed by atoms with Crippen molar-refractivity contribution in [3.8, 4) is 34.2 Å². The normalized spacial score (nSPS) is 11.8. The Morgan fingerprint density at radius 1 is 0.929 bits per heavy atom. The molecule has 0 radical (unpaired) electrons. The van der Waals surface area contributed by atoms with E-state index in [1.165, 1.54) is 12.1 Å². The summed E-state index contributed by atoms with van der Waals surface area (Å²) >= 11 is 5.80. The molecule has 0 saturated heterocycles. The van der Waals surface area contributed by atoms with Crippen LogP contribution in [-0.2, 0) is 6.18 Å². The van der Waals surface area contributed by atoms with Crippen LogP contribution in [0.5, 0.6) is 0 Å². The summed E-state index contributed by atoms with van der Waals surface area (Å²) in [4.78, 5) is 7.78. The van der Waals surface area contributed by atoms with Gasteiger partial charge in [0.25, 0.3) is 0 Å². The fourth-order valence-corrected chi connectivity index (χ4v) is 3.26. The predicted molar refractivity (Wildman–Crippen MR) is 102 cm³/mol. The van der Waals surface area contributed by atoms with E-state index in [0.717, 1.165) is 23.0 Å². The highest BCUT2D eigenvalue weighted by Gasteiger charge is 2.33. The minimum absolute atomic E-state index is 0.372. The first-order valence-corrected chi connectivity index (χ1v) is 8.80. The van der Waals surface area contributed by atoms with Crippen molar-refractivity contribution >= 4 is 11.6 Å². The van der Waals surface area contributed by atoms with Gasteiger partial charge in [-0.25, -0.2) is 4.98 Å². The Balaban J connectivity index is 1.67. The smallest absolute Gasteiger partial charge is 0.417 e. The number of rotatable bonds is 3. The van der Waals surface area contributed by atoms with Crippen molar-refractivity contribution < 1.29 is 17.6 Å². The van der Waals surface area contributed by atoms with Gasteiger partial charge in [-0.05, 0) is 31.2 Å². The van der Waals surface area contributed by atoms with E-state index in [2.05, 4.69) is 9.97 Å². The molecule has 0 amide bonds. The lowest BCUT2D eigenvalue weighted by molar-refractivity contribution is -0.137. The minimum Gasteiger partial charge on any atom is -0.453 e. The number of halogens is 4. The van der Waals surface area contributed by atoms with Gasteiger partial charge in [-0.3, -0.25) is 0 Å². The molecule has 0 aliphatic heterocycles. The van der Waals surface area contributed by atoms with Gasteiger partial charge in [0.2, 0.25) is 0 Å². The third-order valence-electron chi connectivity index (χ3n) is 4.33. The van der Waals surface area contributed by atoms with E-state index in [1.54, 1.807) is 12.1 Å². The molecule has 2 aromatic carbocycles. The molecule has 4 aromatic rings. The van der Waals surface area contributed by atoms with E-state index in [4.69, 9.17) is 16.0 Å². The molecule has 2 aromatic heterocycles. The Kier molecular flexibility index (Phi) is 4.51. The number of benzene rings is 2. The molecule has 7 heteroatoms. The molecule has 28 heavy (non-hydrogen) atoms. The molecule has 0 unspecified atom stereocenters.